The Morgan fingerprint density at radius 1 is 1.36 bits per heavy atom. The van der Waals surface area contributed by atoms with E-state index in [0.717, 1.165) is 11.3 Å². The smallest absolute Gasteiger partial charge is 0.254 e. The van der Waals surface area contributed by atoms with Crippen molar-refractivity contribution in [3.05, 3.63) is 33.9 Å². The van der Waals surface area contributed by atoms with Crippen molar-refractivity contribution in [1.82, 2.24) is 14.6 Å². The van der Waals surface area contributed by atoms with E-state index in [1.54, 1.807) is 23.7 Å². The van der Waals surface area contributed by atoms with Gasteiger partial charge in [-0.25, -0.2) is 4.52 Å². The molecule has 0 aliphatic rings. The van der Waals surface area contributed by atoms with Crippen molar-refractivity contribution >= 4 is 5.65 Å². The van der Waals surface area contributed by atoms with Gasteiger partial charge < -0.3 is 4.98 Å². The van der Waals surface area contributed by atoms with Gasteiger partial charge in [0.2, 0.25) is 0 Å². The first kappa shape index (κ1) is 10.5. The van der Waals surface area contributed by atoms with Gasteiger partial charge in [-0.3, -0.25) is 4.79 Å². The summed E-state index contributed by atoms with van der Waals surface area (Å²) in [5.41, 5.74) is 2.30. The highest BCUT2D eigenvalue weighted by molar-refractivity contribution is 5.38. The summed E-state index contributed by atoms with van der Waals surface area (Å²) >= 11 is 0. The first-order valence-electron chi connectivity index (χ1n) is 4.73. The molecule has 76 valence electrons. The molecule has 0 atom stereocenters. The van der Waals surface area contributed by atoms with Gasteiger partial charge in [0.15, 0.2) is 0 Å². The molecule has 0 saturated carbocycles. The fourth-order valence-corrected chi connectivity index (χ4v) is 1.20. The van der Waals surface area contributed by atoms with E-state index in [9.17, 15) is 4.79 Å². The lowest BCUT2D eigenvalue weighted by atomic mass is 10.3. The zero-order chi connectivity index (χ0) is 10.7. The van der Waals surface area contributed by atoms with Gasteiger partial charge >= 0.3 is 0 Å². The maximum absolute atomic E-state index is 11.3. The molecule has 0 aromatic carbocycles. The number of aromatic amines is 1. The van der Waals surface area contributed by atoms with Crippen LogP contribution in [0.2, 0.25) is 0 Å². The molecule has 0 amide bonds. The minimum Gasteiger partial charge on any atom is -0.307 e. The molecule has 14 heavy (non-hydrogen) atoms. The highest BCUT2D eigenvalue weighted by Crippen LogP contribution is 2.02. The Morgan fingerprint density at radius 2 is 2.00 bits per heavy atom. The Labute approximate surface area is 82.6 Å². The topological polar surface area (TPSA) is 50.2 Å². The third-order valence-electron chi connectivity index (χ3n) is 2.09. The van der Waals surface area contributed by atoms with E-state index in [4.69, 9.17) is 0 Å². The summed E-state index contributed by atoms with van der Waals surface area (Å²) in [6.07, 6.45) is 1.66. The summed E-state index contributed by atoms with van der Waals surface area (Å²) in [4.78, 5) is 14.0. The van der Waals surface area contributed by atoms with Crippen molar-refractivity contribution in [2.45, 2.75) is 27.7 Å². The molecular formula is C10H15N3O. The molecule has 0 aliphatic heterocycles. The summed E-state index contributed by atoms with van der Waals surface area (Å²) in [6.45, 7) is 7.67. The highest BCUT2D eigenvalue weighted by Gasteiger charge is 2.03. The van der Waals surface area contributed by atoms with Crippen molar-refractivity contribution in [3.8, 4) is 0 Å². The number of aryl methyl sites for hydroxylation is 1. The molecule has 2 heterocycles. The molecular weight excluding hydrogens is 178 g/mol. The molecule has 2 aromatic heterocycles. The molecule has 0 unspecified atom stereocenters. The third kappa shape index (κ3) is 1.55. The van der Waals surface area contributed by atoms with Gasteiger partial charge in [0, 0.05) is 17.3 Å². The van der Waals surface area contributed by atoms with Crippen LogP contribution in [-0.2, 0) is 0 Å². The van der Waals surface area contributed by atoms with E-state index in [-0.39, 0.29) is 5.56 Å². The first-order valence-corrected chi connectivity index (χ1v) is 4.73. The van der Waals surface area contributed by atoms with E-state index in [1.165, 1.54) is 0 Å². The minimum absolute atomic E-state index is 0.0412. The van der Waals surface area contributed by atoms with Gasteiger partial charge in [0.05, 0.1) is 6.20 Å². The number of nitrogens with one attached hydrogen (secondary N) is 1. The summed E-state index contributed by atoms with van der Waals surface area (Å²) < 4.78 is 1.72. The molecule has 2 aromatic rings. The molecule has 4 heteroatoms. The Hall–Kier alpha value is -1.58. The van der Waals surface area contributed by atoms with Crippen LogP contribution < -0.4 is 5.56 Å². The van der Waals surface area contributed by atoms with Crippen LogP contribution >= 0.6 is 0 Å². The van der Waals surface area contributed by atoms with Crippen LogP contribution in [0.25, 0.3) is 5.65 Å². The molecule has 2 rings (SSSR count). The molecule has 0 aliphatic carbocycles. The largest absolute Gasteiger partial charge is 0.307 e. The number of hydrogen-bond acceptors (Lipinski definition) is 2. The predicted octanol–water partition coefficient (Wildman–Crippen LogP) is 1.67. The van der Waals surface area contributed by atoms with Gasteiger partial charge in [-0.2, -0.15) is 5.10 Å². The van der Waals surface area contributed by atoms with Crippen LogP contribution in [0.15, 0.2) is 17.1 Å². The van der Waals surface area contributed by atoms with Crippen LogP contribution in [0.3, 0.4) is 0 Å². The lowest BCUT2D eigenvalue weighted by molar-refractivity contribution is 0.871. The van der Waals surface area contributed by atoms with E-state index in [0.29, 0.717) is 5.56 Å². The summed E-state index contributed by atoms with van der Waals surface area (Å²) in [7, 11) is 0. The third-order valence-corrected chi connectivity index (χ3v) is 2.09. The average Bonchev–Trinajstić information content (AvgIpc) is 2.65. The Balaban J connectivity index is 0.000000461. The number of H-pyrrole nitrogens is 1. The predicted molar refractivity (Wildman–Crippen MR) is 56.6 cm³/mol. The minimum atomic E-state index is -0.0412. The van der Waals surface area contributed by atoms with E-state index < -0.39 is 0 Å². The molecule has 0 radical (unpaired) electrons. The number of hydrogen-bond donors (Lipinski definition) is 1. The SMILES string of the molecule is CC.Cc1c(C)n2nccc2[nH]c1=O. The summed E-state index contributed by atoms with van der Waals surface area (Å²) in [5, 5.41) is 4.07. The van der Waals surface area contributed by atoms with E-state index in [1.807, 2.05) is 20.8 Å². The molecule has 4 nitrogen and oxygen atoms in total. The summed E-state index contributed by atoms with van der Waals surface area (Å²) in [5.74, 6) is 0. The Kier molecular flexibility index (Phi) is 3.06. The molecule has 0 spiro atoms. The van der Waals surface area contributed by atoms with E-state index in [2.05, 4.69) is 10.1 Å². The van der Waals surface area contributed by atoms with Crippen molar-refractivity contribution in [1.29, 1.82) is 0 Å². The van der Waals surface area contributed by atoms with Crippen molar-refractivity contribution in [2.24, 2.45) is 0 Å². The second kappa shape index (κ2) is 4.09. The van der Waals surface area contributed by atoms with Crippen molar-refractivity contribution in [3.63, 3.8) is 0 Å². The lowest BCUT2D eigenvalue weighted by Crippen LogP contribution is -2.15. The van der Waals surface area contributed by atoms with E-state index >= 15 is 0 Å². The Morgan fingerprint density at radius 3 is 2.64 bits per heavy atom. The Bertz CT molecular complexity index is 482. The number of fused-ring (bicyclic) bond motifs is 1. The quantitative estimate of drug-likeness (QED) is 0.691. The monoisotopic (exact) mass is 193 g/mol. The van der Waals surface area contributed by atoms with Gasteiger partial charge in [0.1, 0.15) is 5.65 Å². The maximum Gasteiger partial charge on any atom is 0.254 e. The van der Waals surface area contributed by atoms with Crippen LogP contribution in [0, 0.1) is 13.8 Å². The fourth-order valence-electron chi connectivity index (χ4n) is 1.20. The lowest BCUT2D eigenvalue weighted by Gasteiger charge is -2.00. The second-order valence-corrected chi connectivity index (χ2v) is 2.79. The zero-order valence-corrected chi connectivity index (χ0v) is 8.96. The fraction of sp³-hybridized carbons (Fsp3) is 0.400. The zero-order valence-electron chi connectivity index (χ0n) is 8.96. The summed E-state index contributed by atoms with van der Waals surface area (Å²) in [6, 6.07) is 1.77. The number of aromatic nitrogens is 3. The molecule has 0 bridgehead atoms. The number of rotatable bonds is 0. The standard InChI is InChI=1S/C8H9N3O.C2H6/c1-5-6(2)11-7(3-4-9-11)10-8(5)12;1-2/h3-4H,1-2H3,(H,10,12);1-2H3. The number of nitrogens with zero attached hydrogens (tertiary/aromatic N) is 2. The van der Waals surface area contributed by atoms with Gasteiger partial charge in [0.25, 0.3) is 5.56 Å². The van der Waals surface area contributed by atoms with Crippen molar-refractivity contribution < 1.29 is 0 Å². The molecule has 0 fully saturated rings. The van der Waals surface area contributed by atoms with Gasteiger partial charge in [-0.15, -0.1) is 0 Å². The normalized spacial score (nSPS) is 9.71. The maximum atomic E-state index is 11.3. The second-order valence-electron chi connectivity index (χ2n) is 2.79. The van der Waals surface area contributed by atoms with Gasteiger partial charge in [-0.05, 0) is 13.8 Å². The van der Waals surface area contributed by atoms with Crippen LogP contribution in [0.1, 0.15) is 25.1 Å². The van der Waals surface area contributed by atoms with Crippen LogP contribution in [-0.4, -0.2) is 14.6 Å². The first-order chi connectivity index (χ1) is 6.70. The van der Waals surface area contributed by atoms with Crippen LogP contribution in [0.4, 0.5) is 0 Å². The highest BCUT2D eigenvalue weighted by atomic mass is 16.1. The van der Waals surface area contributed by atoms with Crippen LogP contribution in [0.5, 0.6) is 0 Å². The molecule has 0 saturated heterocycles. The average molecular weight is 193 g/mol. The molecule has 1 N–H and O–H groups in total. The van der Waals surface area contributed by atoms with Gasteiger partial charge in [-0.1, -0.05) is 13.8 Å². The van der Waals surface area contributed by atoms with Crippen molar-refractivity contribution in [2.75, 3.05) is 0 Å².